The molecule has 3 aromatic rings. The van der Waals surface area contributed by atoms with Crippen molar-refractivity contribution in [3.05, 3.63) is 42.5 Å². The Bertz CT molecular complexity index is 1100. The smallest absolute Gasteiger partial charge is 0.274 e. The number of thiazole rings is 1. The minimum absolute atomic E-state index is 0.0563. The Morgan fingerprint density at radius 1 is 1.10 bits per heavy atom. The van der Waals surface area contributed by atoms with Gasteiger partial charge in [0, 0.05) is 13.1 Å². The Morgan fingerprint density at radius 3 is 2.47 bits per heavy atom. The Balaban J connectivity index is 1.38. The van der Waals surface area contributed by atoms with Gasteiger partial charge in [0.1, 0.15) is 17.6 Å². The second kappa shape index (κ2) is 8.79. The van der Waals surface area contributed by atoms with Gasteiger partial charge < -0.3 is 14.2 Å². The van der Waals surface area contributed by atoms with Gasteiger partial charge in [-0.2, -0.15) is 4.31 Å². The second-order valence-corrected chi connectivity index (χ2v) is 9.87. The zero-order valence-corrected chi connectivity index (χ0v) is 18.5. The third-order valence-corrected chi connectivity index (χ3v) is 7.84. The fourth-order valence-electron chi connectivity index (χ4n) is 3.42. The van der Waals surface area contributed by atoms with Crippen LogP contribution >= 0.6 is 11.3 Å². The van der Waals surface area contributed by atoms with E-state index in [4.69, 9.17) is 14.2 Å². The number of piperidine rings is 1. The molecule has 0 bridgehead atoms. The maximum absolute atomic E-state index is 12.9. The summed E-state index contributed by atoms with van der Waals surface area (Å²) in [5.74, 6) is 1.45. The van der Waals surface area contributed by atoms with E-state index in [1.54, 1.807) is 31.4 Å². The van der Waals surface area contributed by atoms with E-state index in [2.05, 4.69) is 4.98 Å². The lowest BCUT2D eigenvalue weighted by atomic mass is 10.1. The van der Waals surface area contributed by atoms with Gasteiger partial charge in [0.2, 0.25) is 10.0 Å². The van der Waals surface area contributed by atoms with Crippen molar-refractivity contribution in [3.63, 3.8) is 0 Å². The summed E-state index contributed by atoms with van der Waals surface area (Å²) in [6.45, 7) is 3.27. The molecular weight excluding hydrogens is 424 g/mol. The van der Waals surface area contributed by atoms with Crippen molar-refractivity contribution in [1.82, 2.24) is 9.29 Å². The van der Waals surface area contributed by atoms with Crippen LogP contribution in [0.15, 0.2) is 47.4 Å². The molecule has 0 radical (unpaired) electrons. The maximum atomic E-state index is 12.9. The molecule has 2 heterocycles. The van der Waals surface area contributed by atoms with Crippen molar-refractivity contribution in [2.24, 2.45) is 0 Å². The minimum atomic E-state index is -3.52. The molecule has 160 valence electrons. The van der Waals surface area contributed by atoms with Gasteiger partial charge in [0.25, 0.3) is 5.19 Å². The highest BCUT2D eigenvalue weighted by molar-refractivity contribution is 7.89. The van der Waals surface area contributed by atoms with Gasteiger partial charge in [-0.25, -0.2) is 13.4 Å². The lowest BCUT2D eigenvalue weighted by molar-refractivity contribution is 0.135. The number of nitrogens with zero attached hydrogens (tertiary/aromatic N) is 2. The van der Waals surface area contributed by atoms with E-state index < -0.39 is 10.0 Å². The van der Waals surface area contributed by atoms with Crippen molar-refractivity contribution in [1.29, 1.82) is 0 Å². The number of hydrogen-bond donors (Lipinski definition) is 0. The molecule has 0 unspecified atom stereocenters. The summed E-state index contributed by atoms with van der Waals surface area (Å²) in [6.07, 6.45) is 1.18. The van der Waals surface area contributed by atoms with Crippen LogP contribution in [-0.2, 0) is 10.0 Å². The number of rotatable bonds is 7. The van der Waals surface area contributed by atoms with Crippen molar-refractivity contribution in [2.45, 2.75) is 30.8 Å². The summed E-state index contributed by atoms with van der Waals surface area (Å²) in [5.41, 5.74) is 0.867. The minimum Gasteiger partial charge on any atom is -0.497 e. The molecule has 0 amide bonds. The molecule has 0 aliphatic carbocycles. The van der Waals surface area contributed by atoms with Crippen LogP contribution in [-0.4, -0.2) is 50.6 Å². The van der Waals surface area contributed by atoms with Crippen molar-refractivity contribution < 1.29 is 22.6 Å². The molecule has 1 aliphatic heterocycles. The number of sulfonamides is 1. The summed E-state index contributed by atoms with van der Waals surface area (Å²) in [7, 11) is -1.89. The highest BCUT2D eigenvalue weighted by atomic mass is 32.2. The van der Waals surface area contributed by atoms with Gasteiger partial charge in [-0.3, -0.25) is 0 Å². The first-order chi connectivity index (χ1) is 14.5. The molecule has 1 aromatic heterocycles. The summed E-state index contributed by atoms with van der Waals surface area (Å²) in [4.78, 5) is 4.80. The lowest BCUT2D eigenvalue weighted by Crippen LogP contribution is -2.41. The molecular formula is C21H24N2O5S2. The number of aromatic nitrogens is 1. The number of fused-ring (bicyclic) bond motifs is 1. The standard InChI is InChI=1S/C21H24N2O5S2/c1-3-27-15-4-7-18(8-5-15)30(24,25)23-12-10-16(11-13-23)28-21-22-19-9-6-17(26-2)14-20(19)29-21/h4-9,14,16H,3,10-13H2,1-2H3. The van der Waals surface area contributed by atoms with Crippen LogP contribution in [0.1, 0.15) is 19.8 Å². The van der Waals surface area contributed by atoms with Crippen molar-refractivity contribution >= 4 is 31.6 Å². The van der Waals surface area contributed by atoms with E-state index in [1.807, 2.05) is 25.1 Å². The van der Waals surface area contributed by atoms with Crippen molar-refractivity contribution in [2.75, 3.05) is 26.8 Å². The first-order valence-electron chi connectivity index (χ1n) is 9.84. The number of hydrogen-bond acceptors (Lipinski definition) is 7. The predicted molar refractivity (Wildman–Crippen MR) is 116 cm³/mol. The van der Waals surface area contributed by atoms with Crippen LogP contribution < -0.4 is 14.2 Å². The molecule has 1 aliphatic rings. The monoisotopic (exact) mass is 448 g/mol. The van der Waals surface area contributed by atoms with E-state index in [-0.39, 0.29) is 11.0 Å². The van der Waals surface area contributed by atoms with Gasteiger partial charge in [0.15, 0.2) is 0 Å². The highest BCUT2D eigenvalue weighted by Crippen LogP contribution is 2.32. The summed E-state index contributed by atoms with van der Waals surface area (Å²) in [6, 6.07) is 12.3. The summed E-state index contributed by atoms with van der Waals surface area (Å²) < 4.78 is 45.1. The molecule has 30 heavy (non-hydrogen) atoms. The number of methoxy groups -OCH3 is 1. The fraction of sp³-hybridized carbons (Fsp3) is 0.381. The van der Waals surface area contributed by atoms with Gasteiger partial charge in [-0.15, -0.1) is 0 Å². The quantitative estimate of drug-likeness (QED) is 0.545. The molecule has 1 saturated heterocycles. The van der Waals surface area contributed by atoms with E-state index in [0.717, 1.165) is 16.0 Å². The molecule has 4 rings (SSSR count). The third kappa shape index (κ3) is 4.38. The Kier molecular flexibility index (Phi) is 6.12. The lowest BCUT2D eigenvalue weighted by Gasteiger charge is -2.30. The highest BCUT2D eigenvalue weighted by Gasteiger charge is 2.30. The molecule has 7 nitrogen and oxygen atoms in total. The van der Waals surface area contributed by atoms with E-state index in [1.165, 1.54) is 15.6 Å². The zero-order valence-electron chi connectivity index (χ0n) is 16.9. The SMILES string of the molecule is CCOc1ccc(S(=O)(=O)N2CCC(Oc3nc4ccc(OC)cc4s3)CC2)cc1. The molecule has 0 N–H and O–H groups in total. The van der Waals surface area contributed by atoms with Crippen molar-refractivity contribution in [3.8, 4) is 16.7 Å². The largest absolute Gasteiger partial charge is 0.497 e. The molecule has 9 heteroatoms. The molecule has 0 spiro atoms. The zero-order chi connectivity index (χ0) is 21.1. The van der Waals surface area contributed by atoms with Crippen LogP contribution in [0.3, 0.4) is 0 Å². The molecule has 2 aromatic carbocycles. The van der Waals surface area contributed by atoms with E-state index in [9.17, 15) is 8.42 Å². The first-order valence-corrected chi connectivity index (χ1v) is 12.1. The number of benzene rings is 2. The van der Waals surface area contributed by atoms with Gasteiger partial charge >= 0.3 is 0 Å². The Hall–Kier alpha value is -2.36. The van der Waals surface area contributed by atoms with Crippen LogP contribution in [0.25, 0.3) is 10.2 Å². The fourth-order valence-corrected chi connectivity index (χ4v) is 5.80. The normalized spacial score (nSPS) is 15.9. The third-order valence-electron chi connectivity index (χ3n) is 5.02. The van der Waals surface area contributed by atoms with Gasteiger partial charge in [-0.1, -0.05) is 11.3 Å². The van der Waals surface area contributed by atoms with Crippen LogP contribution in [0, 0.1) is 0 Å². The van der Waals surface area contributed by atoms with Gasteiger partial charge in [-0.05, 0) is 62.2 Å². The van der Waals surface area contributed by atoms with E-state index in [0.29, 0.717) is 43.5 Å². The Morgan fingerprint density at radius 2 is 1.80 bits per heavy atom. The summed E-state index contributed by atoms with van der Waals surface area (Å²) in [5, 5.41) is 0.603. The van der Waals surface area contributed by atoms with Crippen LogP contribution in [0.2, 0.25) is 0 Å². The molecule has 0 atom stereocenters. The molecule has 1 fully saturated rings. The number of ether oxygens (including phenoxy) is 3. The van der Waals surface area contributed by atoms with Crippen LogP contribution in [0.4, 0.5) is 0 Å². The molecule has 0 saturated carbocycles. The van der Waals surface area contributed by atoms with Crippen LogP contribution in [0.5, 0.6) is 16.7 Å². The van der Waals surface area contributed by atoms with E-state index >= 15 is 0 Å². The first kappa shape index (κ1) is 20.9. The summed E-state index contributed by atoms with van der Waals surface area (Å²) >= 11 is 1.47. The predicted octanol–water partition coefficient (Wildman–Crippen LogP) is 3.94. The average Bonchev–Trinajstić information content (AvgIpc) is 3.16. The topological polar surface area (TPSA) is 78.0 Å². The Labute approximate surface area is 180 Å². The second-order valence-electron chi connectivity index (χ2n) is 6.94. The van der Waals surface area contributed by atoms with Gasteiger partial charge in [0.05, 0.1) is 28.8 Å². The average molecular weight is 449 g/mol. The maximum Gasteiger partial charge on any atom is 0.274 e.